The molecule has 0 spiro atoms. The van der Waals surface area contributed by atoms with Crippen molar-refractivity contribution in [1.82, 2.24) is 0 Å². The van der Waals surface area contributed by atoms with Crippen molar-refractivity contribution in [2.45, 2.75) is 34.7 Å². The Labute approximate surface area is 242 Å². The van der Waals surface area contributed by atoms with Crippen LogP contribution < -0.4 is 10.6 Å². The molecular formula is C28H24Cl2NO7PS. The lowest BCUT2D eigenvalue weighted by Gasteiger charge is -2.27. The number of carboxylic acid groups (broad SMARTS) is 1. The highest BCUT2D eigenvalue weighted by molar-refractivity contribution is 7.90. The molecule has 4 rings (SSSR count). The quantitative estimate of drug-likeness (QED) is 0.305. The van der Waals surface area contributed by atoms with Crippen molar-refractivity contribution < 1.29 is 33.1 Å². The summed E-state index contributed by atoms with van der Waals surface area (Å²) in [6.07, 6.45) is 2.42. The van der Waals surface area contributed by atoms with Crippen LogP contribution >= 0.6 is 31.0 Å². The third-order valence-electron chi connectivity index (χ3n) is 6.80. The lowest BCUT2D eigenvalue weighted by molar-refractivity contribution is -0.153. The van der Waals surface area contributed by atoms with E-state index in [4.69, 9.17) is 28.9 Å². The molecule has 0 radical (unpaired) electrons. The molecule has 1 amide bonds. The van der Waals surface area contributed by atoms with E-state index in [2.05, 4.69) is 5.45 Å². The summed E-state index contributed by atoms with van der Waals surface area (Å²) in [5, 5.41) is 20.0. The highest BCUT2D eigenvalue weighted by atomic mass is 35.5. The highest BCUT2D eigenvalue weighted by Gasteiger charge is 2.47. The van der Waals surface area contributed by atoms with E-state index in [0.717, 1.165) is 17.9 Å². The number of amides is 1. The van der Waals surface area contributed by atoms with Gasteiger partial charge in [0.15, 0.2) is 9.84 Å². The van der Waals surface area contributed by atoms with E-state index in [-0.39, 0.29) is 49.8 Å². The fraction of sp³-hybridized carbons (Fsp3) is 0.214. The molecule has 8 nitrogen and oxygen atoms in total. The van der Waals surface area contributed by atoms with Gasteiger partial charge >= 0.3 is 5.97 Å². The molecule has 0 saturated heterocycles. The maximum absolute atomic E-state index is 13.3. The SMILES string of the molecule is CS(=O)(=O)c1cccc(CC(C=C=[P+]([O-])[C@H]2C[C@H]2c2cccc(O)c2)(C(=O)O)c2ccc(Cl)c(C(N)=O)c2Cl)c1. The third kappa shape index (κ3) is 6.11. The van der Waals surface area contributed by atoms with E-state index < -0.39 is 34.9 Å². The molecule has 0 aliphatic heterocycles. The van der Waals surface area contributed by atoms with Gasteiger partial charge in [0.2, 0.25) is 0 Å². The van der Waals surface area contributed by atoms with Gasteiger partial charge in [0.05, 0.1) is 26.0 Å². The number of hydrogen-bond donors (Lipinski definition) is 3. The summed E-state index contributed by atoms with van der Waals surface area (Å²) in [5.74, 6) is -2.39. The maximum Gasteiger partial charge on any atom is 0.319 e. The van der Waals surface area contributed by atoms with Crippen LogP contribution in [-0.4, -0.2) is 47.9 Å². The van der Waals surface area contributed by atoms with Gasteiger partial charge in [-0.25, -0.2) is 8.42 Å². The Hall–Kier alpha value is -3.16. The zero-order chi connectivity index (χ0) is 29.4. The number of aliphatic carboxylic acids is 1. The van der Waals surface area contributed by atoms with Crippen molar-refractivity contribution in [3.8, 4) is 5.75 Å². The summed E-state index contributed by atoms with van der Waals surface area (Å²) in [4.78, 5) is 38.4. The molecule has 1 aliphatic carbocycles. The number of hydrogen-bond acceptors (Lipinski definition) is 6. The van der Waals surface area contributed by atoms with Crippen LogP contribution in [0.3, 0.4) is 0 Å². The average Bonchev–Trinajstić information content (AvgIpc) is 3.67. The minimum atomic E-state index is -3.60. The number of carbonyl (C=O) groups excluding carboxylic acids is 1. The van der Waals surface area contributed by atoms with Gasteiger partial charge in [0.25, 0.3) is 5.91 Å². The number of primary amides is 1. The van der Waals surface area contributed by atoms with Crippen LogP contribution in [0.4, 0.5) is 0 Å². The average molecular weight is 620 g/mol. The number of sulfone groups is 1. The fourth-order valence-corrected chi connectivity index (χ4v) is 7.50. The van der Waals surface area contributed by atoms with E-state index >= 15 is 0 Å². The molecule has 0 heterocycles. The first-order valence-corrected chi connectivity index (χ1v) is 15.9. The highest BCUT2D eigenvalue weighted by Crippen LogP contribution is 2.53. The van der Waals surface area contributed by atoms with Crippen LogP contribution in [-0.2, 0) is 26.5 Å². The summed E-state index contributed by atoms with van der Waals surface area (Å²) in [6, 6.07) is 15.0. The van der Waals surface area contributed by atoms with Gasteiger partial charge in [-0.2, -0.15) is 0 Å². The molecule has 40 heavy (non-hydrogen) atoms. The second-order valence-corrected chi connectivity index (χ2v) is 14.0. The van der Waals surface area contributed by atoms with Crippen molar-refractivity contribution in [2.24, 2.45) is 5.73 Å². The second-order valence-electron chi connectivity index (χ2n) is 9.62. The summed E-state index contributed by atoms with van der Waals surface area (Å²) >= 11 is 12.7. The van der Waals surface area contributed by atoms with Crippen LogP contribution in [0, 0.1) is 0 Å². The lowest BCUT2D eigenvalue weighted by Crippen LogP contribution is -2.37. The normalized spacial score (nSPS) is 18.2. The van der Waals surface area contributed by atoms with Gasteiger partial charge in [0.1, 0.15) is 24.6 Å². The van der Waals surface area contributed by atoms with Crippen molar-refractivity contribution in [3.63, 3.8) is 0 Å². The molecular weight excluding hydrogens is 596 g/mol. The number of halogens is 2. The topological polar surface area (TPSA) is 158 Å². The first-order valence-electron chi connectivity index (χ1n) is 11.9. The smallest absolute Gasteiger partial charge is 0.319 e. The predicted molar refractivity (Wildman–Crippen MR) is 153 cm³/mol. The Morgan fingerprint density at radius 2 is 1.88 bits per heavy atom. The molecule has 3 aromatic rings. The standard InChI is InChI=1S/C28H24Cl2NO7PS/c1-40(37,38)19-7-2-4-16(12-19)15-28(27(34)35,21-8-9-22(29)24(25(21)30)26(31)33)10-11-39(36)23-14-20(23)17-5-3-6-18(32)13-17/h2-10,12-13,20,23,32H,14-15H2,1H3,(H2,31,33)(H,34,35)/t20-,23-,28?/m0/s1. The Morgan fingerprint density at radius 3 is 2.50 bits per heavy atom. The number of carboxylic acids is 1. The number of phenols is 1. The number of phenolic OH excluding ortho intramolecular Hbond substituents is 1. The largest absolute Gasteiger partial charge is 0.623 e. The van der Waals surface area contributed by atoms with Gasteiger partial charge in [-0.3, -0.25) is 9.59 Å². The summed E-state index contributed by atoms with van der Waals surface area (Å²) < 4.78 is 24.3. The van der Waals surface area contributed by atoms with Gasteiger partial charge in [-0.1, -0.05) is 53.5 Å². The van der Waals surface area contributed by atoms with Gasteiger partial charge in [-0.15, -0.1) is 0 Å². The molecule has 0 aromatic heterocycles. The number of rotatable bonds is 9. The van der Waals surface area contributed by atoms with Gasteiger partial charge in [-0.05, 0) is 53.4 Å². The van der Waals surface area contributed by atoms with E-state index in [1.54, 1.807) is 18.2 Å². The molecule has 4 N–H and O–H groups in total. The van der Waals surface area contributed by atoms with Crippen molar-refractivity contribution in [1.29, 1.82) is 0 Å². The zero-order valence-corrected chi connectivity index (χ0v) is 24.3. The number of benzene rings is 3. The second kappa shape index (κ2) is 11.4. The molecule has 3 aromatic carbocycles. The molecule has 1 fully saturated rings. The van der Waals surface area contributed by atoms with Crippen molar-refractivity contribution >= 4 is 58.1 Å². The minimum absolute atomic E-state index is 0.0183. The Bertz CT molecular complexity index is 1700. The van der Waals surface area contributed by atoms with Crippen molar-refractivity contribution in [2.75, 3.05) is 6.26 Å². The van der Waals surface area contributed by atoms with Crippen LogP contribution in [0.15, 0.2) is 71.6 Å². The lowest BCUT2D eigenvalue weighted by atomic mass is 9.75. The summed E-state index contributed by atoms with van der Waals surface area (Å²) in [6.45, 7) is 0. The van der Waals surface area contributed by atoms with Crippen LogP contribution in [0.5, 0.6) is 5.75 Å². The number of carbonyl (C=O) groups is 2. The molecule has 12 heteroatoms. The van der Waals surface area contributed by atoms with E-state index in [1.165, 1.54) is 36.4 Å². The monoisotopic (exact) mass is 619 g/mol. The molecule has 1 saturated carbocycles. The first-order chi connectivity index (χ1) is 18.7. The molecule has 208 valence electrons. The maximum atomic E-state index is 13.3. The summed E-state index contributed by atoms with van der Waals surface area (Å²) in [5.41, 5.74) is 6.67. The Balaban J connectivity index is 1.88. The summed E-state index contributed by atoms with van der Waals surface area (Å²) in [7, 11) is -5.78. The first kappa shape index (κ1) is 29.8. The zero-order valence-electron chi connectivity index (χ0n) is 21.0. The van der Waals surface area contributed by atoms with Crippen LogP contribution in [0.1, 0.15) is 39.4 Å². The van der Waals surface area contributed by atoms with Gasteiger partial charge < -0.3 is 20.8 Å². The number of aromatic hydroxyl groups is 1. The molecule has 2 unspecified atom stereocenters. The fourth-order valence-electron chi connectivity index (χ4n) is 4.63. The minimum Gasteiger partial charge on any atom is -0.623 e. The van der Waals surface area contributed by atoms with Crippen LogP contribution in [0.25, 0.3) is 0 Å². The Kier molecular flexibility index (Phi) is 8.48. The van der Waals surface area contributed by atoms with Gasteiger partial charge in [0, 0.05) is 24.7 Å². The third-order valence-corrected chi connectivity index (χ3v) is 10.2. The molecule has 0 bridgehead atoms. The van der Waals surface area contributed by atoms with Crippen molar-refractivity contribution in [3.05, 3.63) is 99.0 Å². The van der Waals surface area contributed by atoms with E-state index in [0.29, 0.717) is 12.0 Å². The molecule has 4 atom stereocenters. The van der Waals surface area contributed by atoms with Crippen LogP contribution in [0.2, 0.25) is 10.0 Å². The molecule has 1 aliphatic rings. The van der Waals surface area contributed by atoms with E-state index in [9.17, 15) is 33.1 Å². The predicted octanol–water partition coefficient (Wildman–Crippen LogP) is 4.04. The number of nitrogens with two attached hydrogens (primary N) is 1. The Morgan fingerprint density at radius 1 is 1.18 bits per heavy atom. The van der Waals surface area contributed by atoms with E-state index in [1.807, 2.05) is 6.07 Å².